The topological polar surface area (TPSA) is 127 Å². The molecule has 0 saturated carbocycles. The van der Waals surface area contributed by atoms with E-state index >= 15 is 0 Å². The second kappa shape index (κ2) is 6.62. The van der Waals surface area contributed by atoms with Crippen LogP contribution in [-0.4, -0.2) is 51.8 Å². The summed E-state index contributed by atoms with van der Waals surface area (Å²) in [7, 11) is -8.02. The third-order valence-electron chi connectivity index (χ3n) is 0.945. The Hall–Kier alpha value is 0.0900. The van der Waals surface area contributed by atoms with Crippen LogP contribution in [-0.2, 0) is 27.5 Å². The van der Waals surface area contributed by atoms with Crippen LogP contribution < -0.4 is 0 Å². The Balaban J connectivity index is 4.00. The van der Waals surface area contributed by atoms with E-state index in [1.165, 1.54) is 0 Å². The molecule has 0 radical (unpaired) electrons. The largest absolute Gasteiger partial charge is 0.395 e. The normalized spacial score (nSPS) is 12.9. The van der Waals surface area contributed by atoms with Gasteiger partial charge in [-0.05, 0) is 0 Å². The number of hydrogen-bond acceptors (Lipinski definition) is 9. The SMILES string of the molecule is O=S(=O)(CCO)OSOS(=O)(=O)CCO. The molecule has 0 unspecified atom stereocenters. The molecule has 0 fully saturated rings. The lowest BCUT2D eigenvalue weighted by Gasteiger charge is -2.02. The highest BCUT2D eigenvalue weighted by Crippen LogP contribution is 2.14. The van der Waals surface area contributed by atoms with Gasteiger partial charge in [-0.1, -0.05) is 0 Å². The maximum Gasteiger partial charge on any atom is 0.282 e. The van der Waals surface area contributed by atoms with Gasteiger partial charge in [-0.15, -0.1) is 0 Å². The predicted molar refractivity (Wildman–Crippen MR) is 51.5 cm³/mol. The average molecular weight is 282 g/mol. The van der Waals surface area contributed by atoms with Crippen molar-refractivity contribution >= 4 is 32.6 Å². The van der Waals surface area contributed by atoms with Gasteiger partial charge in [0.2, 0.25) is 0 Å². The number of aliphatic hydroxyl groups excluding tert-OH is 2. The highest BCUT2D eigenvalue weighted by molar-refractivity contribution is 8.07. The van der Waals surface area contributed by atoms with Crippen LogP contribution in [0.3, 0.4) is 0 Å². The van der Waals surface area contributed by atoms with E-state index in [1.807, 2.05) is 0 Å². The summed E-state index contributed by atoms with van der Waals surface area (Å²) in [6, 6.07) is 0. The Morgan fingerprint density at radius 2 is 1.20 bits per heavy atom. The van der Waals surface area contributed by atoms with Gasteiger partial charge >= 0.3 is 0 Å². The summed E-state index contributed by atoms with van der Waals surface area (Å²) in [6.07, 6.45) is 0. The number of rotatable bonds is 8. The molecule has 0 bridgehead atoms. The highest BCUT2D eigenvalue weighted by atomic mass is 32.3. The zero-order valence-corrected chi connectivity index (χ0v) is 9.85. The predicted octanol–water partition coefficient (Wildman–Crippen LogP) is -1.77. The molecular formula is C4H10O8S3. The van der Waals surface area contributed by atoms with Gasteiger partial charge < -0.3 is 10.2 Å². The van der Waals surface area contributed by atoms with Crippen LogP contribution in [0.4, 0.5) is 0 Å². The molecule has 2 N–H and O–H groups in total. The zero-order chi connectivity index (χ0) is 11.9. The minimum absolute atomic E-state index is 0.251. The lowest BCUT2D eigenvalue weighted by atomic mass is 10.9. The number of aliphatic hydroxyl groups is 2. The molecule has 11 heteroatoms. The molecule has 0 aromatic carbocycles. The summed E-state index contributed by atoms with van der Waals surface area (Å²) in [6.45, 7) is -1.29. The van der Waals surface area contributed by atoms with Gasteiger partial charge in [0.15, 0.2) is 12.3 Å². The first-order chi connectivity index (χ1) is 6.83. The van der Waals surface area contributed by atoms with Gasteiger partial charge in [0.25, 0.3) is 20.2 Å². The Morgan fingerprint density at radius 1 is 0.867 bits per heavy atom. The van der Waals surface area contributed by atoms with Crippen molar-refractivity contribution in [2.24, 2.45) is 0 Å². The van der Waals surface area contributed by atoms with Crippen LogP contribution in [0.1, 0.15) is 0 Å². The fourth-order valence-corrected chi connectivity index (χ4v) is 2.35. The van der Waals surface area contributed by atoms with E-state index in [0.29, 0.717) is 0 Å². The lowest BCUT2D eigenvalue weighted by molar-refractivity contribution is 0.315. The molecule has 0 amide bonds. The van der Waals surface area contributed by atoms with Crippen LogP contribution in [0, 0.1) is 0 Å². The third kappa shape index (κ3) is 7.96. The minimum Gasteiger partial charge on any atom is -0.395 e. The van der Waals surface area contributed by atoms with E-state index in [2.05, 4.69) is 7.26 Å². The molecule has 0 aromatic heterocycles. The van der Waals surface area contributed by atoms with Crippen molar-refractivity contribution in [3.05, 3.63) is 0 Å². The first-order valence-corrected chi connectivity index (χ1v) is 7.36. The minimum atomic E-state index is -4.01. The fraction of sp³-hybridized carbons (Fsp3) is 1.00. The van der Waals surface area contributed by atoms with Gasteiger partial charge in [0.05, 0.1) is 24.7 Å². The van der Waals surface area contributed by atoms with Crippen molar-refractivity contribution < 1.29 is 34.3 Å². The van der Waals surface area contributed by atoms with Crippen LogP contribution in [0.25, 0.3) is 0 Å². The van der Waals surface area contributed by atoms with Crippen LogP contribution in [0.5, 0.6) is 0 Å². The molecule has 0 atom stereocenters. The molecule has 8 nitrogen and oxygen atoms in total. The Morgan fingerprint density at radius 3 is 1.47 bits per heavy atom. The van der Waals surface area contributed by atoms with Gasteiger partial charge in [-0.25, -0.2) is 0 Å². The summed E-state index contributed by atoms with van der Waals surface area (Å²) >= 11 is -0.251. The molecule has 0 spiro atoms. The smallest absolute Gasteiger partial charge is 0.282 e. The van der Waals surface area contributed by atoms with Crippen molar-refractivity contribution in [1.82, 2.24) is 0 Å². The van der Waals surface area contributed by atoms with Gasteiger partial charge in [-0.3, -0.25) is 0 Å². The highest BCUT2D eigenvalue weighted by Gasteiger charge is 2.16. The van der Waals surface area contributed by atoms with Gasteiger partial charge in [0.1, 0.15) is 0 Å². The quantitative estimate of drug-likeness (QED) is 0.497. The molecule has 15 heavy (non-hydrogen) atoms. The molecule has 0 rings (SSSR count). The van der Waals surface area contributed by atoms with Crippen molar-refractivity contribution in [3.63, 3.8) is 0 Å². The average Bonchev–Trinajstić information content (AvgIpc) is 2.02. The first-order valence-electron chi connectivity index (χ1n) is 3.54. The second-order valence-corrected chi connectivity index (χ2v) is 6.45. The molecule has 0 aromatic rings. The number of hydrogen-bond donors (Lipinski definition) is 2. The molecule has 0 aliphatic heterocycles. The van der Waals surface area contributed by atoms with Crippen LogP contribution >= 0.6 is 12.3 Å². The molecule has 0 aliphatic carbocycles. The molecular weight excluding hydrogens is 272 g/mol. The molecule has 0 saturated heterocycles. The lowest BCUT2D eigenvalue weighted by Crippen LogP contribution is -2.13. The third-order valence-corrected chi connectivity index (χ3v) is 4.41. The van der Waals surface area contributed by atoms with Crippen molar-refractivity contribution in [2.75, 3.05) is 24.7 Å². The molecule has 0 aliphatic rings. The standard InChI is InChI=1S/C4H10O8S3/c5-1-3-14(7,8)11-13-12-15(9,10)4-2-6/h5-6H,1-4H2. The monoisotopic (exact) mass is 282 g/mol. The zero-order valence-electron chi connectivity index (χ0n) is 7.40. The van der Waals surface area contributed by atoms with E-state index in [4.69, 9.17) is 10.2 Å². The first kappa shape index (κ1) is 15.1. The van der Waals surface area contributed by atoms with Crippen LogP contribution in [0.15, 0.2) is 0 Å². The summed E-state index contributed by atoms with van der Waals surface area (Å²) in [5.74, 6) is -1.33. The maximum atomic E-state index is 10.7. The Bertz CT molecular complexity index is 319. The summed E-state index contributed by atoms with van der Waals surface area (Å²) in [4.78, 5) is 0. The van der Waals surface area contributed by atoms with Gasteiger partial charge in [-0.2, -0.15) is 24.1 Å². The van der Waals surface area contributed by atoms with E-state index < -0.39 is 45.0 Å². The van der Waals surface area contributed by atoms with E-state index in [0.717, 1.165) is 0 Å². The van der Waals surface area contributed by atoms with Crippen molar-refractivity contribution in [1.29, 1.82) is 0 Å². The maximum absolute atomic E-state index is 10.7. The summed E-state index contributed by atoms with van der Waals surface area (Å²) < 4.78 is 51.0. The van der Waals surface area contributed by atoms with E-state index in [9.17, 15) is 16.8 Å². The van der Waals surface area contributed by atoms with Crippen LogP contribution in [0.2, 0.25) is 0 Å². The van der Waals surface area contributed by atoms with E-state index in [-0.39, 0.29) is 12.3 Å². The molecule has 92 valence electrons. The van der Waals surface area contributed by atoms with Gasteiger partial charge in [0, 0.05) is 0 Å². The Kier molecular flexibility index (Phi) is 6.66. The van der Waals surface area contributed by atoms with Crippen molar-refractivity contribution in [3.8, 4) is 0 Å². The molecule has 0 heterocycles. The summed E-state index contributed by atoms with van der Waals surface area (Å²) in [5.41, 5.74) is 0. The Labute approximate surface area is 91.9 Å². The van der Waals surface area contributed by atoms with Crippen molar-refractivity contribution in [2.45, 2.75) is 0 Å². The summed E-state index contributed by atoms with van der Waals surface area (Å²) in [5, 5.41) is 16.6. The fourth-order valence-electron chi connectivity index (χ4n) is 0.388. The second-order valence-electron chi connectivity index (χ2n) is 2.17. The van der Waals surface area contributed by atoms with E-state index in [1.54, 1.807) is 0 Å².